The third-order valence-electron chi connectivity index (χ3n) is 5.01. The van der Waals surface area contributed by atoms with Crippen molar-refractivity contribution in [2.24, 2.45) is 0 Å². The molecule has 0 spiro atoms. The number of aryl methyl sites for hydroxylation is 2. The summed E-state index contributed by atoms with van der Waals surface area (Å²) in [6, 6.07) is 5.67. The highest BCUT2D eigenvalue weighted by atomic mass is 19.1. The second-order valence-corrected chi connectivity index (χ2v) is 7.22. The maximum absolute atomic E-state index is 13.6. The number of rotatable bonds is 4. The molecule has 0 N–H and O–H groups in total. The minimum absolute atomic E-state index is 0.00227. The Balaban J connectivity index is 0.000000193. The minimum atomic E-state index is -0.576. The summed E-state index contributed by atoms with van der Waals surface area (Å²) < 4.78 is 38.2. The molecule has 9 heteroatoms. The van der Waals surface area contributed by atoms with Gasteiger partial charge >= 0.3 is 0 Å². The molecule has 3 heterocycles. The Bertz CT molecular complexity index is 1250. The zero-order valence-corrected chi connectivity index (χ0v) is 18.2. The first kappa shape index (κ1) is 23.4. The summed E-state index contributed by atoms with van der Waals surface area (Å²) in [7, 11) is 2.96. The number of hydrogen-bond acceptors (Lipinski definition) is 6. The van der Waals surface area contributed by atoms with Gasteiger partial charge in [-0.3, -0.25) is 14.6 Å². The maximum atomic E-state index is 13.6. The number of aromatic nitrogens is 3. The van der Waals surface area contributed by atoms with Gasteiger partial charge < -0.3 is 14.0 Å². The second-order valence-electron chi connectivity index (χ2n) is 7.22. The van der Waals surface area contributed by atoms with Crippen LogP contribution in [0.15, 0.2) is 35.1 Å². The van der Waals surface area contributed by atoms with Crippen molar-refractivity contribution in [2.75, 3.05) is 14.2 Å². The summed E-state index contributed by atoms with van der Waals surface area (Å²) in [6.07, 6.45) is 2.80. The van der Waals surface area contributed by atoms with Gasteiger partial charge in [0.1, 0.15) is 11.6 Å². The first-order valence-electron chi connectivity index (χ1n) is 9.82. The highest BCUT2D eigenvalue weighted by molar-refractivity contribution is 5.97. The van der Waals surface area contributed by atoms with Gasteiger partial charge in [-0.2, -0.15) is 0 Å². The third kappa shape index (κ3) is 5.12. The van der Waals surface area contributed by atoms with Crippen LogP contribution >= 0.6 is 0 Å². The molecule has 0 atom stereocenters. The molecule has 0 amide bonds. The topological polar surface area (TPSA) is 83.3 Å². The van der Waals surface area contributed by atoms with E-state index in [1.165, 1.54) is 43.1 Å². The molecule has 4 rings (SSSR count). The molecule has 0 aliphatic heterocycles. The molecule has 0 saturated heterocycles. The molecule has 0 radical (unpaired) electrons. The predicted molar refractivity (Wildman–Crippen MR) is 115 cm³/mol. The fourth-order valence-electron chi connectivity index (χ4n) is 3.21. The first-order valence-corrected chi connectivity index (χ1v) is 9.82. The van der Waals surface area contributed by atoms with Crippen LogP contribution < -0.4 is 5.56 Å². The quantitative estimate of drug-likeness (QED) is 0.576. The van der Waals surface area contributed by atoms with Gasteiger partial charge in [-0.1, -0.05) is 0 Å². The predicted octanol–water partition coefficient (Wildman–Crippen LogP) is 3.13. The largest absolute Gasteiger partial charge is 0.354 e. The number of methoxy groups -OCH3 is 2. The molecule has 0 unspecified atom stereocenters. The van der Waals surface area contributed by atoms with Crippen molar-refractivity contribution < 1.29 is 23.0 Å². The summed E-state index contributed by atoms with van der Waals surface area (Å²) in [6.45, 7) is 3.37. The summed E-state index contributed by atoms with van der Waals surface area (Å²) in [5.41, 5.74) is 2.79. The minimum Gasteiger partial charge on any atom is -0.354 e. The number of ether oxygens (including phenoxy) is 2. The highest BCUT2D eigenvalue weighted by Gasteiger charge is 2.14. The van der Waals surface area contributed by atoms with Gasteiger partial charge in [0.15, 0.2) is 12.1 Å². The molecule has 32 heavy (non-hydrogen) atoms. The van der Waals surface area contributed by atoms with Crippen molar-refractivity contribution in [3.8, 4) is 0 Å². The lowest BCUT2D eigenvalue weighted by Crippen LogP contribution is -2.28. The van der Waals surface area contributed by atoms with Gasteiger partial charge in [0.05, 0.1) is 34.7 Å². The molecule has 0 bridgehead atoms. The number of allylic oxidation sites excluding steroid dienone is 1. The van der Waals surface area contributed by atoms with Crippen molar-refractivity contribution in [2.45, 2.75) is 33.1 Å². The second kappa shape index (κ2) is 9.88. The molecule has 0 saturated carbocycles. The number of halogens is 2. The van der Waals surface area contributed by atoms with Crippen LogP contribution in [0.4, 0.5) is 8.78 Å². The van der Waals surface area contributed by atoms with E-state index in [0.717, 1.165) is 0 Å². The zero-order valence-electron chi connectivity index (χ0n) is 18.2. The number of carbonyl (C=O) groups is 1. The lowest BCUT2D eigenvalue weighted by Gasteiger charge is -2.16. The van der Waals surface area contributed by atoms with Gasteiger partial charge in [-0.25, -0.2) is 13.8 Å². The Morgan fingerprint density at radius 1 is 1.00 bits per heavy atom. The van der Waals surface area contributed by atoms with E-state index in [4.69, 9.17) is 9.47 Å². The number of fused-ring (bicyclic) bond motifs is 2. The molecule has 0 aromatic carbocycles. The van der Waals surface area contributed by atoms with Gasteiger partial charge in [-0.15, -0.1) is 0 Å². The van der Waals surface area contributed by atoms with E-state index in [1.807, 2.05) is 0 Å². The molecular weight excluding hydrogens is 420 g/mol. The van der Waals surface area contributed by atoms with Crippen LogP contribution in [0.1, 0.15) is 22.6 Å². The third-order valence-corrected chi connectivity index (χ3v) is 5.01. The Morgan fingerprint density at radius 3 is 2.34 bits per heavy atom. The fourth-order valence-corrected chi connectivity index (χ4v) is 3.21. The van der Waals surface area contributed by atoms with E-state index in [0.29, 0.717) is 33.7 Å². The fraction of sp³-hybridized carbons (Fsp3) is 0.304. The van der Waals surface area contributed by atoms with Crippen molar-refractivity contribution in [1.29, 1.82) is 0 Å². The Labute approximate surface area is 183 Å². The van der Waals surface area contributed by atoms with Crippen molar-refractivity contribution in [1.82, 2.24) is 14.5 Å². The Hall–Kier alpha value is -3.30. The monoisotopic (exact) mass is 443 g/mol. The average molecular weight is 443 g/mol. The van der Waals surface area contributed by atoms with Crippen molar-refractivity contribution in [3.05, 3.63) is 75.0 Å². The highest BCUT2D eigenvalue weighted by Crippen LogP contribution is 2.18. The van der Waals surface area contributed by atoms with E-state index in [1.54, 1.807) is 26.0 Å². The van der Waals surface area contributed by atoms with Crippen LogP contribution in [-0.2, 0) is 27.2 Å². The zero-order chi connectivity index (χ0) is 23.4. The lowest BCUT2D eigenvalue weighted by atomic mass is 10.0. The molecule has 1 aliphatic rings. The maximum Gasteiger partial charge on any atom is 0.251 e. The Kier molecular flexibility index (Phi) is 7.22. The molecular formula is C23H23F2N3O4. The summed E-state index contributed by atoms with van der Waals surface area (Å²) in [5.74, 6) is -0.794. The van der Waals surface area contributed by atoms with Gasteiger partial charge in [0, 0.05) is 32.8 Å². The van der Waals surface area contributed by atoms with Crippen LogP contribution in [-0.4, -0.2) is 40.8 Å². The van der Waals surface area contributed by atoms with Gasteiger partial charge in [0.25, 0.3) is 5.56 Å². The van der Waals surface area contributed by atoms with E-state index in [9.17, 15) is 18.4 Å². The molecule has 3 aromatic heterocycles. The number of nitrogens with zero attached hydrogens (tertiary/aromatic N) is 3. The Morgan fingerprint density at radius 2 is 1.66 bits per heavy atom. The van der Waals surface area contributed by atoms with E-state index in [-0.39, 0.29) is 30.1 Å². The molecule has 1 aliphatic carbocycles. The standard InChI is InChI=1S/C13H15FN2O3.C10H8FNO/c1-8-9(14)6-11-10(15-8)4-5-12(17)16(11)7-13(18-2)19-3;1-6-9(11)5-7-4-8(13)2-3-10(7)12-6/h4-6,13H,7H2,1-3H3;2-3,5H,4H2,1H3. The van der Waals surface area contributed by atoms with Crippen LogP contribution in [0.25, 0.3) is 17.1 Å². The molecule has 0 fully saturated rings. The van der Waals surface area contributed by atoms with E-state index < -0.39 is 12.1 Å². The summed E-state index contributed by atoms with van der Waals surface area (Å²) >= 11 is 0. The number of hydrogen-bond donors (Lipinski definition) is 0. The normalized spacial score (nSPS) is 12.7. The SMILES string of the molecule is COC(Cn1c(=O)ccc2nc(C)c(F)cc21)OC.Cc1nc2c(cc1F)CC(=O)C=C2. The van der Waals surface area contributed by atoms with E-state index in [2.05, 4.69) is 9.97 Å². The van der Waals surface area contributed by atoms with Gasteiger partial charge in [-0.05, 0) is 43.7 Å². The molecule has 3 aromatic rings. The summed E-state index contributed by atoms with van der Waals surface area (Å²) in [5, 5.41) is 0. The van der Waals surface area contributed by atoms with E-state index >= 15 is 0 Å². The number of carbonyl (C=O) groups excluding carboxylic acids is 1. The van der Waals surface area contributed by atoms with Crippen LogP contribution in [0, 0.1) is 25.5 Å². The van der Waals surface area contributed by atoms with Gasteiger partial charge in [0.2, 0.25) is 0 Å². The average Bonchev–Trinajstić information content (AvgIpc) is 2.76. The smallest absolute Gasteiger partial charge is 0.251 e. The molecule has 168 valence electrons. The number of ketones is 1. The number of pyridine rings is 3. The summed E-state index contributed by atoms with van der Waals surface area (Å²) in [4.78, 5) is 31.0. The van der Waals surface area contributed by atoms with Crippen LogP contribution in [0.2, 0.25) is 0 Å². The molecule has 7 nitrogen and oxygen atoms in total. The van der Waals surface area contributed by atoms with Crippen molar-refractivity contribution >= 4 is 22.9 Å². The van der Waals surface area contributed by atoms with Crippen molar-refractivity contribution in [3.63, 3.8) is 0 Å². The van der Waals surface area contributed by atoms with Crippen LogP contribution in [0.3, 0.4) is 0 Å². The lowest BCUT2D eigenvalue weighted by molar-refractivity contribution is -0.114. The van der Waals surface area contributed by atoms with Crippen LogP contribution in [0.5, 0.6) is 0 Å². The first-order chi connectivity index (χ1) is 15.2.